The highest BCUT2D eigenvalue weighted by Gasteiger charge is 2.27. The minimum atomic E-state index is -0.410. The number of carbonyl (C=O) groups excluding carboxylic acids is 1. The molecule has 0 unspecified atom stereocenters. The smallest absolute Gasteiger partial charge is 0.251 e. The van der Waals surface area contributed by atoms with Gasteiger partial charge in [0.2, 0.25) is 0 Å². The van der Waals surface area contributed by atoms with Gasteiger partial charge in [-0.1, -0.05) is 36.4 Å². The molecule has 1 heterocycles. The predicted octanol–water partition coefficient (Wildman–Crippen LogP) is 4.43. The van der Waals surface area contributed by atoms with Crippen molar-refractivity contribution < 1.29 is 9.18 Å². The zero-order valence-corrected chi connectivity index (χ0v) is 17.3. The van der Waals surface area contributed by atoms with Crippen LogP contribution in [0.25, 0.3) is 0 Å². The second kappa shape index (κ2) is 8.57. The number of para-hydroxylation sites is 1. The first kappa shape index (κ1) is 20.0. The van der Waals surface area contributed by atoms with Gasteiger partial charge in [-0.25, -0.2) is 4.39 Å². The van der Waals surface area contributed by atoms with Crippen LogP contribution < -0.4 is 15.1 Å². The van der Waals surface area contributed by atoms with Crippen molar-refractivity contribution in [2.45, 2.75) is 12.5 Å². The molecule has 5 heteroatoms. The van der Waals surface area contributed by atoms with E-state index in [0.29, 0.717) is 12.1 Å². The number of anilines is 2. The van der Waals surface area contributed by atoms with E-state index in [-0.39, 0.29) is 11.9 Å². The van der Waals surface area contributed by atoms with E-state index in [9.17, 15) is 9.18 Å². The standard InChI is InChI=1S/C25H26FN3O/c1-28(2)22-12-10-19(11-13-22)24(29-15-14-18-6-3-4-9-23(18)29)17-27-25(30)20-7-5-8-21(26)16-20/h3-13,16,24H,14-15,17H2,1-2H3,(H,27,30)/t24-/m1/s1. The number of benzene rings is 3. The Morgan fingerprint density at radius 3 is 2.57 bits per heavy atom. The van der Waals surface area contributed by atoms with Crippen molar-refractivity contribution in [1.82, 2.24) is 5.32 Å². The van der Waals surface area contributed by atoms with Crippen molar-refractivity contribution in [2.75, 3.05) is 37.0 Å². The van der Waals surface area contributed by atoms with Gasteiger partial charge < -0.3 is 15.1 Å². The van der Waals surface area contributed by atoms with Crippen LogP contribution >= 0.6 is 0 Å². The van der Waals surface area contributed by atoms with E-state index in [1.54, 1.807) is 12.1 Å². The number of fused-ring (bicyclic) bond motifs is 1. The summed E-state index contributed by atoms with van der Waals surface area (Å²) in [6, 6.07) is 22.6. The maximum Gasteiger partial charge on any atom is 0.251 e. The molecule has 1 aliphatic heterocycles. The van der Waals surface area contributed by atoms with Crippen LogP contribution in [-0.4, -0.2) is 33.1 Å². The SMILES string of the molecule is CN(C)c1ccc([C@@H](CNC(=O)c2cccc(F)c2)N2CCc3ccccc32)cc1. The van der Waals surface area contributed by atoms with Gasteiger partial charge in [0, 0.05) is 44.1 Å². The molecule has 4 rings (SSSR count). The van der Waals surface area contributed by atoms with Crippen LogP contribution in [0.2, 0.25) is 0 Å². The lowest BCUT2D eigenvalue weighted by molar-refractivity contribution is 0.0950. The van der Waals surface area contributed by atoms with Gasteiger partial charge in [-0.3, -0.25) is 4.79 Å². The van der Waals surface area contributed by atoms with Gasteiger partial charge in [0.15, 0.2) is 0 Å². The van der Waals surface area contributed by atoms with Gasteiger partial charge in [0.1, 0.15) is 5.82 Å². The second-order valence-corrected chi connectivity index (χ2v) is 7.79. The summed E-state index contributed by atoms with van der Waals surface area (Å²) in [4.78, 5) is 17.1. The molecule has 0 aliphatic carbocycles. The normalized spacial score (nSPS) is 13.6. The number of halogens is 1. The number of amides is 1. The Morgan fingerprint density at radius 1 is 1.07 bits per heavy atom. The van der Waals surface area contributed by atoms with Crippen molar-refractivity contribution in [3.05, 3.63) is 95.3 Å². The minimum absolute atomic E-state index is 0.0117. The number of hydrogen-bond donors (Lipinski definition) is 1. The van der Waals surface area contributed by atoms with Crippen LogP contribution in [0, 0.1) is 5.82 Å². The third-order valence-corrected chi connectivity index (χ3v) is 5.64. The predicted molar refractivity (Wildman–Crippen MR) is 120 cm³/mol. The van der Waals surface area contributed by atoms with Gasteiger partial charge in [0.05, 0.1) is 6.04 Å². The van der Waals surface area contributed by atoms with Crippen molar-refractivity contribution in [3.63, 3.8) is 0 Å². The number of rotatable bonds is 6. The van der Waals surface area contributed by atoms with Crippen LogP contribution in [-0.2, 0) is 6.42 Å². The highest BCUT2D eigenvalue weighted by atomic mass is 19.1. The van der Waals surface area contributed by atoms with Crippen LogP contribution in [0.4, 0.5) is 15.8 Å². The zero-order valence-electron chi connectivity index (χ0n) is 17.3. The van der Waals surface area contributed by atoms with Crippen LogP contribution in [0.5, 0.6) is 0 Å². The van der Waals surface area contributed by atoms with Gasteiger partial charge in [-0.15, -0.1) is 0 Å². The first-order chi connectivity index (χ1) is 14.5. The minimum Gasteiger partial charge on any atom is -0.378 e. The van der Waals surface area contributed by atoms with Crippen molar-refractivity contribution >= 4 is 17.3 Å². The van der Waals surface area contributed by atoms with Crippen LogP contribution in [0.1, 0.15) is 27.5 Å². The molecule has 0 spiro atoms. The Bertz CT molecular complexity index is 1030. The summed E-state index contributed by atoms with van der Waals surface area (Å²) in [7, 11) is 4.03. The monoisotopic (exact) mass is 403 g/mol. The van der Waals surface area contributed by atoms with Crippen LogP contribution in [0.15, 0.2) is 72.8 Å². The molecule has 1 N–H and O–H groups in total. The Morgan fingerprint density at radius 2 is 1.83 bits per heavy atom. The molecule has 0 fully saturated rings. The Labute approximate surface area is 176 Å². The lowest BCUT2D eigenvalue weighted by Crippen LogP contribution is -2.37. The molecule has 4 nitrogen and oxygen atoms in total. The summed E-state index contributed by atoms with van der Waals surface area (Å²) >= 11 is 0. The van der Waals surface area contributed by atoms with E-state index in [0.717, 1.165) is 24.2 Å². The Hall–Kier alpha value is -3.34. The van der Waals surface area contributed by atoms with E-state index in [1.165, 1.54) is 23.4 Å². The largest absolute Gasteiger partial charge is 0.378 e. The van der Waals surface area contributed by atoms with E-state index in [1.807, 2.05) is 14.1 Å². The Kier molecular flexibility index (Phi) is 5.70. The molecular formula is C25H26FN3O. The van der Waals surface area contributed by atoms with Crippen molar-refractivity contribution in [3.8, 4) is 0 Å². The molecule has 1 aliphatic rings. The maximum absolute atomic E-state index is 13.5. The van der Waals surface area contributed by atoms with E-state index < -0.39 is 5.82 Å². The fraction of sp³-hybridized carbons (Fsp3) is 0.240. The van der Waals surface area contributed by atoms with E-state index in [4.69, 9.17) is 0 Å². The lowest BCUT2D eigenvalue weighted by Gasteiger charge is -2.31. The molecule has 0 aromatic heterocycles. The summed E-state index contributed by atoms with van der Waals surface area (Å²) in [6.07, 6.45) is 0.986. The molecule has 0 radical (unpaired) electrons. The van der Waals surface area contributed by atoms with Gasteiger partial charge >= 0.3 is 0 Å². The third kappa shape index (κ3) is 4.15. The average molecular weight is 404 g/mol. The lowest BCUT2D eigenvalue weighted by atomic mass is 10.0. The molecule has 3 aromatic rings. The number of nitrogens with zero attached hydrogens (tertiary/aromatic N) is 2. The topological polar surface area (TPSA) is 35.6 Å². The summed E-state index contributed by atoms with van der Waals surface area (Å²) < 4.78 is 13.5. The number of hydrogen-bond acceptors (Lipinski definition) is 3. The van der Waals surface area contributed by atoms with Crippen molar-refractivity contribution in [1.29, 1.82) is 0 Å². The molecule has 1 amide bonds. The molecule has 1 atom stereocenters. The van der Waals surface area contributed by atoms with Crippen LogP contribution in [0.3, 0.4) is 0 Å². The van der Waals surface area contributed by atoms with E-state index >= 15 is 0 Å². The van der Waals surface area contributed by atoms with Gasteiger partial charge in [-0.05, 0) is 53.9 Å². The second-order valence-electron chi connectivity index (χ2n) is 7.79. The van der Waals surface area contributed by atoms with Crippen molar-refractivity contribution in [2.24, 2.45) is 0 Å². The fourth-order valence-electron chi connectivity index (χ4n) is 4.01. The molecule has 30 heavy (non-hydrogen) atoms. The molecule has 154 valence electrons. The molecular weight excluding hydrogens is 377 g/mol. The number of carbonyl (C=O) groups is 1. The van der Waals surface area contributed by atoms with Gasteiger partial charge in [-0.2, -0.15) is 0 Å². The molecule has 3 aromatic carbocycles. The first-order valence-corrected chi connectivity index (χ1v) is 10.2. The fourth-order valence-corrected chi connectivity index (χ4v) is 4.01. The highest BCUT2D eigenvalue weighted by molar-refractivity contribution is 5.94. The molecule has 0 bridgehead atoms. The quantitative estimate of drug-likeness (QED) is 0.662. The van der Waals surface area contributed by atoms with Gasteiger partial charge in [0.25, 0.3) is 5.91 Å². The zero-order chi connectivity index (χ0) is 21.1. The number of nitrogens with one attached hydrogen (secondary N) is 1. The average Bonchev–Trinajstić information content (AvgIpc) is 3.18. The van der Waals surface area contributed by atoms with E-state index in [2.05, 4.69) is 63.6 Å². The summed E-state index contributed by atoms with van der Waals surface area (Å²) in [6.45, 7) is 1.33. The maximum atomic E-state index is 13.5. The molecule has 0 saturated carbocycles. The summed E-state index contributed by atoms with van der Waals surface area (Å²) in [5, 5.41) is 3.01. The highest BCUT2D eigenvalue weighted by Crippen LogP contribution is 2.35. The first-order valence-electron chi connectivity index (χ1n) is 10.2. The summed E-state index contributed by atoms with van der Waals surface area (Å²) in [5.74, 6) is -0.677. The Balaban J connectivity index is 1.60. The molecule has 0 saturated heterocycles. The summed E-state index contributed by atoms with van der Waals surface area (Å²) in [5.41, 5.74) is 5.13. The third-order valence-electron chi connectivity index (χ3n) is 5.64.